The Hall–Kier alpha value is -1.18. The molecular weight excluding hydrogens is 248 g/mol. The van der Waals surface area contributed by atoms with Gasteiger partial charge in [-0.3, -0.25) is 4.79 Å². The summed E-state index contributed by atoms with van der Waals surface area (Å²) < 4.78 is 0. The minimum absolute atomic E-state index is 0.312. The van der Waals surface area contributed by atoms with Gasteiger partial charge >= 0.3 is 0 Å². The zero-order valence-corrected chi connectivity index (χ0v) is 13.0. The van der Waals surface area contributed by atoms with Gasteiger partial charge in [-0.05, 0) is 48.8 Å². The molecule has 0 aromatic rings. The van der Waals surface area contributed by atoms with Crippen molar-refractivity contribution in [1.82, 2.24) is 0 Å². The van der Waals surface area contributed by atoms with Gasteiger partial charge in [0.05, 0.1) is 0 Å². The Morgan fingerprint density at radius 2 is 1.70 bits per heavy atom. The van der Waals surface area contributed by atoms with E-state index in [0.29, 0.717) is 18.6 Å². The molecule has 0 spiro atoms. The predicted octanol–water partition coefficient (Wildman–Crippen LogP) is 4.93. The Morgan fingerprint density at radius 1 is 0.950 bits per heavy atom. The molecule has 0 aliphatic heterocycles. The van der Waals surface area contributed by atoms with Gasteiger partial charge in [0.25, 0.3) is 0 Å². The summed E-state index contributed by atoms with van der Waals surface area (Å²) in [5, 5.41) is 0. The molecule has 112 valence electrons. The van der Waals surface area contributed by atoms with Crippen LogP contribution in [0.25, 0.3) is 0 Å². The fourth-order valence-corrected chi connectivity index (χ4v) is 2.78. The maximum Gasteiger partial charge on any atom is 0.159 e. The first-order valence-electron chi connectivity index (χ1n) is 8.12. The second-order valence-electron chi connectivity index (χ2n) is 5.56. The summed E-state index contributed by atoms with van der Waals surface area (Å²) in [5.74, 6) is 0.312. The lowest BCUT2D eigenvalue weighted by Gasteiger charge is -2.22. The van der Waals surface area contributed by atoms with E-state index in [-0.39, 0.29) is 0 Å². The van der Waals surface area contributed by atoms with Crippen LogP contribution in [0.4, 0.5) is 0 Å². The van der Waals surface area contributed by atoms with Crippen LogP contribution >= 0.6 is 0 Å². The SMILES string of the molecule is CCCC/C=C1/CCC(=O)C(CCCC)=C1CCC=O. The molecule has 1 aliphatic carbocycles. The molecule has 1 rings (SSSR count). The van der Waals surface area contributed by atoms with Crippen molar-refractivity contribution < 1.29 is 9.59 Å². The standard InChI is InChI=1S/C18H28O2/c1-3-5-7-9-15-12-13-18(20)17(10-6-4-2)16(15)11-8-14-19/h9,14H,3-8,10-13H2,1-2H3/b15-9-. The highest BCUT2D eigenvalue weighted by atomic mass is 16.1. The molecule has 20 heavy (non-hydrogen) atoms. The summed E-state index contributed by atoms with van der Waals surface area (Å²) in [4.78, 5) is 22.9. The molecular formula is C18H28O2. The third kappa shape index (κ3) is 5.07. The molecule has 0 fully saturated rings. The number of ketones is 1. The van der Waals surface area contributed by atoms with Crippen molar-refractivity contribution in [2.24, 2.45) is 0 Å². The summed E-state index contributed by atoms with van der Waals surface area (Å²) in [6, 6.07) is 0. The zero-order chi connectivity index (χ0) is 14.8. The minimum atomic E-state index is 0.312. The summed E-state index contributed by atoms with van der Waals surface area (Å²) >= 11 is 0. The summed E-state index contributed by atoms with van der Waals surface area (Å²) in [6.07, 6.45) is 12.6. The molecule has 0 atom stereocenters. The topological polar surface area (TPSA) is 34.1 Å². The largest absolute Gasteiger partial charge is 0.303 e. The van der Waals surface area contributed by atoms with E-state index in [4.69, 9.17) is 0 Å². The highest BCUT2D eigenvalue weighted by Gasteiger charge is 2.22. The van der Waals surface area contributed by atoms with Gasteiger partial charge < -0.3 is 4.79 Å². The normalized spacial score (nSPS) is 17.9. The molecule has 0 amide bonds. The van der Waals surface area contributed by atoms with Gasteiger partial charge in [-0.15, -0.1) is 0 Å². The van der Waals surface area contributed by atoms with Crippen LogP contribution in [0.2, 0.25) is 0 Å². The zero-order valence-electron chi connectivity index (χ0n) is 13.0. The Balaban J connectivity index is 2.96. The number of rotatable bonds is 9. The van der Waals surface area contributed by atoms with Crippen LogP contribution in [0, 0.1) is 0 Å². The van der Waals surface area contributed by atoms with Gasteiger partial charge in [0.2, 0.25) is 0 Å². The third-order valence-electron chi connectivity index (χ3n) is 3.95. The van der Waals surface area contributed by atoms with E-state index in [1.165, 1.54) is 24.0 Å². The fraction of sp³-hybridized carbons (Fsp3) is 0.667. The molecule has 2 heteroatoms. The summed E-state index contributed by atoms with van der Waals surface area (Å²) in [6.45, 7) is 4.34. The van der Waals surface area contributed by atoms with Crippen molar-refractivity contribution in [2.45, 2.75) is 78.1 Å². The molecule has 0 N–H and O–H groups in total. The molecule has 0 unspecified atom stereocenters. The molecule has 0 radical (unpaired) electrons. The van der Waals surface area contributed by atoms with Crippen LogP contribution < -0.4 is 0 Å². The van der Waals surface area contributed by atoms with Gasteiger partial charge in [0.15, 0.2) is 5.78 Å². The van der Waals surface area contributed by atoms with Crippen molar-refractivity contribution in [2.75, 3.05) is 0 Å². The maximum atomic E-state index is 12.2. The quantitative estimate of drug-likeness (QED) is 0.442. The number of hydrogen-bond donors (Lipinski definition) is 0. The van der Waals surface area contributed by atoms with Gasteiger partial charge in [-0.25, -0.2) is 0 Å². The van der Waals surface area contributed by atoms with Crippen molar-refractivity contribution in [3.8, 4) is 0 Å². The Morgan fingerprint density at radius 3 is 2.35 bits per heavy atom. The highest BCUT2D eigenvalue weighted by molar-refractivity contribution is 5.98. The van der Waals surface area contributed by atoms with Gasteiger partial charge in [0.1, 0.15) is 6.29 Å². The number of carbonyl (C=O) groups excluding carboxylic acids is 2. The average Bonchev–Trinajstić information content (AvgIpc) is 2.46. The van der Waals surface area contributed by atoms with Gasteiger partial charge in [0, 0.05) is 12.8 Å². The monoisotopic (exact) mass is 276 g/mol. The van der Waals surface area contributed by atoms with E-state index < -0.39 is 0 Å². The summed E-state index contributed by atoms with van der Waals surface area (Å²) in [7, 11) is 0. The van der Waals surface area contributed by atoms with Crippen molar-refractivity contribution >= 4 is 12.1 Å². The lowest BCUT2D eigenvalue weighted by atomic mass is 9.81. The molecule has 0 bridgehead atoms. The highest BCUT2D eigenvalue weighted by Crippen LogP contribution is 2.33. The molecule has 0 saturated heterocycles. The Kier molecular flexibility index (Phi) is 8.17. The molecule has 1 aliphatic rings. The lowest BCUT2D eigenvalue weighted by molar-refractivity contribution is -0.116. The van der Waals surface area contributed by atoms with Gasteiger partial charge in [-0.1, -0.05) is 39.2 Å². The number of unbranched alkanes of at least 4 members (excludes halogenated alkanes) is 3. The molecule has 0 heterocycles. The fourth-order valence-electron chi connectivity index (χ4n) is 2.78. The number of carbonyl (C=O) groups is 2. The number of hydrogen-bond acceptors (Lipinski definition) is 2. The van der Waals surface area contributed by atoms with Crippen molar-refractivity contribution in [3.63, 3.8) is 0 Å². The predicted molar refractivity (Wildman–Crippen MR) is 83.7 cm³/mol. The van der Waals surface area contributed by atoms with Crippen LogP contribution in [-0.4, -0.2) is 12.1 Å². The smallest absolute Gasteiger partial charge is 0.159 e. The molecule has 2 nitrogen and oxygen atoms in total. The van der Waals surface area contributed by atoms with Gasteiger partial charge in [-0.2, -0.15) is 0 Å². The number of Topliss-reactive ketones (excluding diaryl/α,β-unsaturated/α-hetero) is 1. The van der Waals surface area contributed by atoms with Crippen LogP contribution in [-0.2, 0) is 9.59 Å². The van der Waals surface area contributed by atoms with E-state index in [1.807, 2.05) is 0 Å². The van der Waals surface area contributed by atoms with Crippen LogP contribution in [0.1, 0.15) is 78.1 Å². The first kappa shape index (κ1) is 16.9. The van der Waals surface area contributed by atoms with Crippen LogP contribution in [0.3, 0.4) is 0 Å². The minimum Gasteiger partial charge on any atom is -0.303 e. The number of allylic oxidation sites excluding steroid dienone is 4. The van der Waals surface area contributed by atoms with E-state index in [0.717, 1.165) is 50.4 Å². The average molecular weight is 276 g/mol. The Labute approximate surface area is 123 Å². The molecule has 0 aromatic heterocycles. The molecule has 0 saturated carbocycles. The van der Waals surface area contributed by atoms with Crippen LogP contribution in [0.5, 0.6) is 0 Å². The lowest BCUT2D eigenvalue weighted by Crippen LogP contribution is -2.14. The Bertz CT molecular complexity index is 388. The second-order valence-corrected chi connectivity index (χ2v) is 5.56. The first-order chi connectivity index (χ1) is 9.74. The van der Waals surface area contributed by atoms with Crippen molar-refractivity contribution in [1.29, 1.82) is 0 Å². The second kappa shape index (κ2) is 9.68. The summed E-state index contributed by atoms with van der Waals surface area (Å²) in [5.41, 5.74) is 3.55. The van der Waals surface area contributed by atoms with E-state index in [9.17, 15) is 9.59 Å². The van der Waals surface area contributed by atoms with Crippen LogP contribution in [0.15, 0.2) is 22.8 Å². The number of aldehydes is 1. The van der Waals surface area contributed by atoms with E-state index >= 15 is 0 Å². The molecule has 0 aromatic carbocycles. The maximum absolute atomic E-state index is 12.2. The van der Waals surface area contributed by atoms with E-state index in [1.54, 1.807) is 0 Å². The van der Waals surface area contributed by atoms with Crippen molar-refractivity contribution in [3.05, 3.63) is 22.8 Å². The van der Waals surface area contributed by atoms with E-state index in [2.05, 4.69) is 19.9 Å². The first-order valence-corrected chi connectivity index (χ1v) is 8.12. The third-order valence-corrected chi connectivity index (χ3v) is 3.95.